The maximum atomic E-state index is 4.14. The van der Waals surface area contributed by atoms with Gasteiger partial charge in [-0.3, -0.25) is 4.98 Å². The molecule has 0 aliphatic rings. The predicted molar refractivity (Wildman–Crippen MR) is 82.1 cm³/mol. The summed E-state index contributed by atoms with van der Waals surface area (Å²) in [5.41, 5.74) is 1.28. The van der Waals surface area contributed by atoms with E-state index in [1.165, 1.54) is 18.4 Å². The van der Waals surface area contributed by atoms with Crippen molar-refractivity contribution in [2.75, 3.05) is 20.1 Å². The third-order valence-corrected chi connectivity index (χ3v) is 3.34. The molecule has 3 heteroatoms. The first kappa shape index (κ1) is 16.1. The van der Waals surface area contributed by atoms with E-state index in [1.54, 1.807) is 0 Å². The van der Waals surface area contributed by atoms with Crippen molar-refractivity contribution in [3.63, 3.8) is 0 Å². The Balaban J connectivity index is 2.11. The van der Waals surface area contributed by atoms with E-state index in [0.29, 0.717) is 6.04 Å². The van der Waals surface area contributed by atoms with Crippen LogP contribution in [0, 0.1) is 5.92 Å². The maximum Gasteiger partial charge on any atom is 0.0312 e. The van der Waals surface area contributed by atoms with Crippen LogP contribution in [0.5, 0.6) is 0 Å². The van der Waals surface area contributed by atoms with Crippen LogP contribution in [0.2, 0.25) is 0 Å². The zero-order valence-electron chi connectivity index (χ0n) is 12.9. The van der Waals surface area contributed by atoms with Crippen LogP contribution in [-0.4, -0.2) is 36.1 Å². The van der Waals surface area contributed by atoms with Crippen LogP contribution in [0.3, 0.4) is 0 Å². The van der Waals surface area contributed by atoms with Crippen LogP contribution in [0.1, 0.15) is 39.2 Å². The quantitative estimate of drug-likeness (QED) is 0.742. The maximum absolute atomic E-state index is 4.14. The lowest BCUT2D eigenvalue weighted by molar-refractivity contribution is 0.314. The summed E-state index contributed by atoms with van der Waals surface area (Å²) in [6, 6.07) is 4.74. The SMILES string of the molecule is CC(C)CCC(C)NCCN(C)Cc1cccnc1. The van der Waals surface area contributed by atoms with Gasteiger partial charge in [-0.15, -0.1) is 0 Å². The highest BCUT2D eigenvalue weighted by Crippen LogP contribution is 2.06. The van der Waals surface area contributed by atoms with E-state index in [4.69, 9.17) is 0 Å². The van der Waals surface area contributed by atoms with E-state index >= 15 is 0 Å². The average Bonchev–Trinajstić information content (AvgIpc) is 2.37. The van der Waals surface area contributed by atoms with Gasteiger partial charge in [0.1, 0.15) is 0 Å². The normalized spacial score (nSPS) is 13.2. The van der Waals surface area contributed by atoms with Crippen molar-refractivity contribution in [3.8, 4) is 0 Å². The lowest BCUT2D eigenvalue weighted by atomic mass is 10.0. The fourth-order valence-corrected chi connectivity index (χ4v) is 2.07. The highest BCUT2D eigenvalue weighted by Gasteiger charge is 2.04. The van der Waals surface area contributed by atoms with Gasteiger partial charge in [0.05, 0.1) is 0 Å². The molecule has 1 aromatic heterocycles. The summed E-state index contributed by atoms with van der Waals surface area (Å²) in [5, 5.41) is 3.60. The summed E-state index contributed by atoms with van der Waals surface area (Å²) >= 11 is 0. The monoisotopic (exact) mass is 263 g/mol. The summed E-state index contributed by atoms with van der Waals surface area (Å²) in [6.45, 7) is 9.94. The third-order valence-electron chi connectivity index (χ3n) is 3.34. The Morgan fingerprint density at radius 2 is 2.05 bits per heavy atom. The molecule has 1 aromatic rings. The largest absolute Gasteiger partial charge is 0.313 e. The molecule has 3 nitrogen and oxygen atoms in total. The lowest BCUT2D eigenvalue weighted by Crippen LogP contribution is -2.34. The number of nitrogens with zero attached hydrogens (tertiary/aromatic N) is 2. The molecule has 0 radical (unpaired) electrons. The second kappa shape index (κ2) is 9.05. The molecular weight excluding hydrogens is 234 g/mol. The Morgan fingerprint density at radius 1 is 1.26 bits per heavy atom. The fourth-order valence-electron chi connectivity index (χ4n) is 2.07. The Kier molecular flexibility index (Phi) is 7.68. The third kappa shape index (κ3) is 7.96. The number of aromatic nitrogens is 1. The summed E-state index contributed by atoms with van der Waals surface area (Å²) in [7, 11) is 2.16. The van der Waals surface area contributed by atoms with Gasteiger partial charge in [-0.05, 0) is 44.4 Å². The van der Waals surface area contributed by atoms with Gasteiger partial charge in [0.2, 0.25) is 0 Å². The van der Waals surface area contributed by atoms with Gasteiger partial charge in [0, 0.05) is 38.1 Å². The number of pyridine rings is 1. The first-order valence-electron chi connectivity index (χ1n) is 7.38. The molecule has 0 aliphatic heterocycles. The van der Waals surface area contributed by atoms with Crippen LogP contribution in [0.25, 0.3) is 0 Å². The Labute approximate surface area is 118 Å². The predicted octanol–water partition coefficient (Wildman–Crippen LogP) is 2.93. The molecule has 1 rings (SSSR count). The number of hydrogen-bond acceptors (Lipinski definition) is 3. The number of rotatable bonds is 9. The molecule has 1 N–H and O–H groups in total. The van der Waals surface area contributed by atoms with Gasteiger partial charge in [-0.25, -0.2) is 0 Å². The second-order valence-corrected chi connectivity index (χ2v) is 5.93. The minimum absolute atomic E-state index is 0.620. The van der Waals surface area contributed by atoms with Crippen molar-refractivity contribution in [1.82, 2.24) is 15.2 Å². The topological polar surface area (TPSA) is 28.2 Å². The van der Waals surface area contributed by atoms with Gasteiger partial charge in [-0.2, -0.15) is 0 Å². The molecule has 0 amide bonds. The van der Waals surface area contributed by atoms with Crippen molar-refractivity contribution in [2.24, 2.45) is 5.92 Å². The molecule has 0 spiro atoms. The molecule has 19 heavy (non-hydrogen) atoms. The van der Waals surface area contributed by atoms with Crippen molar-refractivity contribution in [2.45, 2.75) is 46.2 Å². The molecule has 108 valence electrons. The molecule has 0 bridgehead atoms. The van der Waals surface area contributed by atoms with Crippen LogP contribution in [0.4, 0.5) is 0 Å². The average molecular weight is 263 g/mol. The molecular formula is C16H29N3. The Bertz CT molecular complexity index is 324. The van der Waals surface area contributed by atoms with Crippen molar-refractivity contribution < 1.29 is 0 Å². The molecule has 0 saturated heterocycles. The van der Waals surface area contributed by atoms with Gasteiger partial charge in [0.25, 0.3) is 0 Å². The van der Waals surface area contributed by atoms with Crippen molar-refractivity contribution in [3.05, 3.63) is 30.1 Å². The van der Waals surface area contributed by atoms with Gasteiger partial charge in [0.15, 0.2) is 0 Å². The smallest absolute Gasteiger partial charge is 0.0312 e. The van der Waals surface area contributed by atoms with E-state index in [1.807, 2.05) is 18.5 Å². The van der Waals surface area contributed by atoms with E-state index in [2.05, 4.69) is 49.1 Å². The van der Waals surface area contributed by atoms with Crippen molar-refractivity contribution in [1.29, 1.82) is 0 Å². The summed E-state index contributed by atoms with van der Waals surface area (Å²) in [6.07, 6.45) is 6.33. The molecule has 0 aromatic carbocycles. The zero-order chi connectivity index (χ0) is 14.1. The second-order valence-electron chi connectivity index (χ2n) is 5.93. The first-order chi connectivity index (χ1) is 9.08. The molecule has 1 unspecified atom stereocenters. The molecule has 1 atom stereocenters. The van der Waals surface area contributed by atoms with Gasteiger partial charge in [-0.1, -0.05) is 19.9 Å². The minimum atomic E-state index is 0.620. The molecule has 0 saturated carbocycles. The molecule has 1 heterocycles. The number of likely N-dealkylation sites (N-methyl/N-ethyl adjacent to an activating group) is 1. The first-order valence-corrected chi connectivity index (χ1v) is 7.38. The number of nitrogens with one attached hydrogen (secondary N) is 1. The van der Waals surface area contributed by atoms with Crippen molar-refractivity contribution >= 4 is 0 Å². The molecule has 0 fully saturated rings. The standard InChI is InChI=1S/C16H29N3/c1-14(2)7-8-15(3)18-10-11-19(4)13-16-6-5-9-17-12-16/h5-6,9,12,14-15,18H,7-8,10-11,13H2,1-4H3. The van der Waals surface area contributed by atoms with Crippen LogP contribution >= 0.6 is 0 Å². The fraction of sp³-hybridized carbons (Fsp3) is 0.688. The molecule has 0 aliphatic carbocycles. The highest BCUT2D eigenvalue weighted by atomic mass is 15.1. The summed E-state index contributed by atoms with van der Waals surface area (Å²) in [4.78, 5) is 6.48. The van der Waals surface area contributed by atoms with Gasteiger partial charge >= 0.3 is 0 Å². The number of hydrogen-bond donors (Lipinski definition) is 1. The lowest BCUT2D eigenvalue weighted by Gasteiger charge is -2.19. The summed E-state index contributed by atoms with van der Waals surface area (Å²) < 4.78 is 0. The van der Waals surface area contributed by atoms with E-state index in [0.717, 1.165) is 25.6 Å². The van der Waals surface area contributed by atoms with E-state index in [-0.39, 0.29) is 0 Å². The van der Waals surface area contributed by atoms with E-state index in [9.17, 15) is 0 Å². The van der Waals surface area contributed by atoms with Crippen LogP contribution in [0.15, 0.2) is 24.5 Å². The highest BCUT2D eigenvalue weighted by molar-refractivity contribution is 5.07. The van der Waals surface area contributed by atoms with E-state index < -0.39 is 0 Å². The van der Waals surface area contributed by atoms with Crippen LogP contribution < -0.4 is 5.32 Å². The van der Waals surface area contributed by atoms with Gasteiger partial charge < -0.3 is 10.2 Å². The zero-order valence-corrected chi connectivity index (χ0v) is 12.9. The Hall–Kier alpha value is -0.930. The Morgan fingerprint density at radius 3 is 2.68 bits per heavy atom. The minimum Gasteiger partial charge on any atom is -0.313 e. The summed E-state index contributed by atoms with van der Waals surface area (Å²) in [5.74, 6) is 0.803. The van der Waals surface area contributed by atoms with Crippen LogP contribution in [-0.2, 0) is 6.54 Å².